The number of hydrogen-bond donors (Lipinski definition) is 2. The number of halogens is 1. The third-order valence-corrected chi connectivity index (χ3v) is 4.24. The summed E-state index contributed by atoms with van der Waals surface area (Å²) < 4.78 is 0. The second kappa shape index (κ2) is 6.80. The molecule has 0 aliphatic carbocycles. The Kier molecular flexibility index (Phi) is 5.07. The third-order valence-electron chi connectivity index (χ3n) is 3.90. The average molecular weight is 310 g/mol. The highest BCUT2D eigenvalue weighted by Crippen LogP contribution is 2.23. The number of hydrogen-bond acceptors (Lipinski definition) is 2. The van der Waals surface area contributed by atoms with Gasteiger partial charge in [-0.15, -0.1) is 0 Å². The summed E-state index contributed by atoms with van der Waals surface area (Å²) in [6.45, 7) is 3.00. The first-order valence-electron chi connectivity index (χ1n) is 7.08. The predicted molar refractivity (Wildman–Crippen MR) is 81.9 cm³/mol. The number of nitrogens with zero attached hydrogens (tertiary/aromatic N) is 1. The maximum Gasteiger partial charge on any atom is 0.317 e. The van der Waals surface area contributed by atoms with E-state index in [1.165, 1.54) is 0 Å². The molecule has 0 bridgehead atoms. The number of primary amides is 1. The van der Waals surface area contributed by atoms with E-state index < -0.39 is 0 Å². The van der Waals surface area contributed by atoms with Crippen molar-refractivity contribution in [1.82, 2.24) is 10.2 Å². The molecule has 0 spiro atoms. The van der Waals surface area contributed by atoms with Gasteiger partial charge in [-0.2, -0.15) is 0 Å². The molecule has 5 nitrogen and oxygen atoms in total. The largest absolute Gasteiger partial charge is 0.369 e. The van der Waals surface area contributed by atoms with Crippen LogP contribution in [0, 0.1) is 5.92 Å². The van der Waals surface area contributed by atoms with Gasteiger partial charge in [0.05, 0.1) is 6.04 Å². The number of likely N-dealkylation sites (tertiary alicyclic amines) is 1. The van der Waals surface area contributed by atoms with Gasteiger partial charge < -0.3 is 16.0 Å². The SMILES string of the molecule is C[C@H](NC(=O)N1CCC(C(N)=O)CC1)c1ccccc1Cl. The molecule has 1 aliphatic heterocycles. The second-order valence-corrected chi connectivity index (χ2v) is 5.76. The molecule has 2 rings (SSSR count). The van der Waals surface area contributed by atoms with Crippen molar-refractivity contribution in [3.63, 3.8) is 0 Å². The molecule has 6 heteroatoms. The van der Waals surface area contributed by atoms with Gasteiger partial charge in [0.15, 0.2) is 0 Å². The van der Waals surface area contributed by atoms with Crippen LogP contribution >= 0.6 is 11.6 Å². The minimum absolute atomic E-state index is 0.116. The highest BCUT2D eigenvalue weighted by atomic mass is 35.5. The van der Waals surface area contributed by atoms with Crippen LogP contribution in [0.5, 0.6) is 0 Å². The number of piperidine rings is 1. The average Bonchev–Trinajstić information content (AvgIpc) is 2.47. The lowest BCUT2D eigenvalue weighted by molar-refractivity contribution is -0.123. The van der Waals surface area contributed by atoms with Gasteiger partial charge in [0, 0.05) is 24.0 Å². The van der Waals surface area contributed by atoms with Gasteiger partial charge >= 0.3 is 6.03 Å². The Hall–Kier alpha value is -1.75. The molecule has 114 valence electrons. The van der Waals surface area contributed by atoms with Gasteiger partial charge in [-0.1, -0.05) is 29.8 Å². The summed E-state index contributed by atoms with van der Waals surface area (Å²) in [5.74, 6) is -0.394. The maximum absolute atomic E-state index is 12.2. The molecule has 0 saturated carbocycles. The van der Waals surface area contributed by atoms with Crippen LogP contribution in [-0.2, 0) is 4.79 Å². The van der Waals surface area contributed by atoms with Crippen molar-refractivity contribution in [2.75, 3.05) is 13.1 Å². The van der Waals surface area contributed by atoms with E-state index in [2.05, 4.69) is 5.32 Å². The monoisotopic (exact) mass is 309 g/mol. The highest BCUT2D eigenvalue weighted by molar-refractivity contribution is 6.31. The summed E-state index contributed by atoms with van der Waals surface area (Å²) in [6, 6.07) is 7.15. The Labute approximate surface area is 129 Å². The molecule has 1 saturated heterocycles. The molecule has 0 aromatic heterocycles. The molecule has 3 N–H and O–H groups in total. The first-order valence-corrected chi connectivity index (χ1v) is 7.46. The fraction of sp³-hybridized carbons (Fsp3) is 0.467. The van der Waals surface area contributed by atoms with E-state index >= 15 is 0 Å². The summed E-state index contributed by atoms with van der Waals surface area (Å²) in [4.78, 5) is 25.1. The number of nitrogens with two attached hydrogens (primary N) is 1. The van der Waals surface area contributed by atoms with Gasteiger partial charge in [0.2, 0.25) is 5.91 Å². The van der Waals surface area contributed by atoms with E-state index in [0.29, 0.717) is 31.0 Å². The molecule has 1 atom stereocenters. The summed E-state index contributed by atoms with van der Waals surface area (Å²) in [5, 5.41) is 3.57. The number of urea groups is 1. The molecular formula is C15H20ClN3O2. The predicted octanol–water partition coefficient (Wildman–Crippen LogP) is 2.31. The Morgan fingerprint density at radius 3 is 2.52 bits per heavy atom. The quantitative estimate of drug-likeness (QED) is 0.899. The zero-order chi connectivity index (χ0) is 15.4. The number of benzene rings is 1. The number of amides is 3. The van der Waals surface area contributed by atoms with Gasteiger partial charge in [-0.25, -0.2) is 4.79 Å². The molecule has 3 amide bonds. The normalized spacial score (nSPS) is 17.3. The molecule has 1 aromatic rings. The van der Waals surface area contributed by atoms with Crippen molar-refractivity contribution < 1.29 is 9.59 Å². The molecule has 0 unspecified atom stereocenters. The standard InChI is InChI=1S/C15H20ClN3O2/c1-10(12-4-2-3-5-13(12)16)18-15(21)19-8-6-11(7-9-19)14(17)20/h2-5,10-11H,6-9H2,1H3,(H2,17,20)(H,18,21)/t10-/m0/s1. The van der Waals surface area contributed by atoms with Crippen LogP contribution in [0.1, 0.15) is 31.4 Å². The lowest BCUT2D eigenvalue weighted by atomic mass is 9.96. The van der Waals surface area contributed by atoms with Crippen LogP contribution in [0.3, 0.4) is 0 Å². The van der Waals surface area contributed by atoms with E-state index in [1.807, 2.05) is 25.1 Å². The zero-order valence-electron chi connectivity index (χ0n) is 12.0. The highest BCUT2D eigenvalue weighted by Gasteiger charge is 2.26. The molecule has 1 aromatic carbocycles. The Balaban J connectivity index is 1.90. The summed E-state index contributed by atoms with van der Waals surface area (Å²) in [5.41, 5.74) is 6.18. The van der Waals surface area contributed by atoms with Gasteiger partial charge in [-0.3, -0.25) is 4.79 Å². The molecule has 1 aliphatic rings. The molecule has 1 fully saturated rings. The Morgan fingerprint density at radius 1 is 1.33 bits per heavy atom. The minimum Gasteiger partial charge on any atom is -0.369 e. The van der Waals surface area contributed by atoms with Crippen LogP contribution in [-0.4, -0.2) is 29.9 Å². The topological polar surface area (TPSA) is 75.4 Å². The van der Waals surface area contributed by atoms with Crippen molar-refractivity contribution in [1.29, 1.82) is 0 Å². The number of carbonyl (C=O) groups is 2. The van der Waals surface area contributed by atoms with E-state index in [0.717, 1.165) is 5.56 Å². The van der Waals surface area contributed by atoms with E-state index in [4.69, 9.17) is 17.3 Å². The Morgan fingerprint density at radius 2 is 1.95 bits per heavy atom. The first kappa shape index (κ1) is 15.6. The second-order valence-electron chi connectivity index (χ2n) is 5.36. The maximum atomic E-state index is 12.2. The summed E-state index contributed by atoms with van der Waals surface area (Å²) in [7, 11) is 0. The fourth-order valence-electron chi connectivity index (χ4n) is 2.55. The molecule has 1 heterocycles. The number of rotatable bonds is 3. The number of nitrogens with one attached hydrogen (secondary N) is 1. The van der Waals surface area contributed by atoms with Crippen LogP contribution in [0.4, 0.5) is 4.79 Å². The first-order chi connectivity index (χ1) is 9.99. The van der Waals surface area contributed by atoms with Crippen LogP contribution in [0.25, 0.3) is 0 Å². The fourth-order valence-corrected chi connectivity index (χ4v) is 2.85. The van der Waals surface area contributed by atoms with Crippen molar-refractivity contribution >= 4 is 23.5 Å². The molecule has 21 heavy (non-hydrogen) atoms. The molecular weight excluding hydrogens is 290 g/mol. The lowest BCUT2D eigenvalue weighted by Gasteiger charge is -2.31. The van der Waals surface area contributed by atoms with Crippen LogP contribution in [0.2, 0.25) is 5.02 Å². The van der Waals surface area contributed by atoms with Crippen molar-refractivity contribution in [3.8, 4) is 0 Å². The van der Waals surface area contributed by atoms with Crippen LogP contribution in [0.15, 0.2) is 24.3 Å². The van der Waals surface area contributed by atoms with Crippen molar-refractivity contribution in [2.24, 2.45) is 11.7 Å². The van der Waals surface area contributed by atoms with Gasteiger partial charge in [-0.05, 0) is 31.4 Å². The number of carbonyl (C=O) groups excluding carboxylic acids is 2. The van der Waals surface area contributed by atoms with Crippen LogP contribution < -0.4 is 11.1 Å². The zero-order valence-corrected chi connectivity index (χ0v) is 12.8. The van der Waals surface area contributed by atoms with Gasteiger partial charge in [0.1, 0.15) is 0 Å². The van der Waals surface area contributed by atoms with E-state index in [1.54, 1.807) is 11.0 Å². The lowest BCUT2D eigenvalue weighted by Crippen LogP contribution is -2.46. The summed E-state index contributed by atoms with van der Waals surface area (Å²) >= 11 is 6.13. The smallest absolute Gasteiger partial charge is 0.317 e. The minimum atomic E-state index is -0.278. The third kappa shape index (κ3) is 3.88. The van der Waals surface area contributed by atoms with Gasteiger partial charge in [0.25, 0.3) is 0 Å². The Bertz CT molecular complexity index is 527. The summed E-state index contributed by atoms with van der Waals surface area (Å²) in [6.07, 6.45) is 1.26. The van der Waals surface area contributed by atoms with Crippen molar-refractivity contribution in [2.45, 2.75) is 25.8 Å². The van der Waals surface area contributed by atoms with E-state index in [9.17, 15) is 9.59 Å². The van der Waals surface area contributed by atoms with Crippen molar-refractivity contribution in [3.05, 3.63) is 34.9 Å². The molecule has 0 radical (unpaired) electrons. The van der Waals surface area contributed by atoms with E-state index in [-0.39, 0.29) is 23.9 Å².